The van der Waals surface area contributed by atoms with Gasteiger partial charge in [0.2, 0.25) is 24.0 Å². The molecule has 3 N–H and O–H groups in total. The van der Waals surface area contributed by atoms with E-state index in [1.807, 2.05) is 24.3 Å². The third kappa shape index (κ3) is 6.57. The number of hydrogen-bond acceptors (Lipinski definition) is 7. The first-order valence-electron chi connectivity index (χ1n) is 14.0. The van der Waals surface area contributed by atoms with Crippen molar-refractivity contribution in [1.29, 1.82) is 0 Å². The highest BCUT2D eigenvalue weighted by Gasteiger charge is 2.42. The van der Waals surface area contributed by atoms with Gasteiger partial charge in [-0.05, 0) is 61.9 Å². The number of cyclic esters (lactones) is 1. The van der Waals surface area contributed by atoms with Crippen molar-refractivity contribution in [2.24, 2.45) is 0 Å². The van der Waals surface area contributed by atoms with Gasteiger partial charge < -0.3 is 30.3 Å². The number of hydrogen-bond donors (Lipinski definition) is 3. The maximum atomic E-state index is 13.3. The Morgan fingerprint density at radius 2 is 1.79 bits per heavy atom. The Bertz CT molecular complexity index is 1390. The molecule has 11 nitrogen and oxygen atoms in total. The minimum atomic E-state index is -0.920. The minimum absolute atomic E-state index is 0.0213. The predicted octanol–water partition coefficient (Wildman–Crippen LogP) is 2.35. The number of nitrogens with zero attached hydrogens (tertiary/aromatic N) is 1. The Balaban J connectivity index is 1.17. The molecule has 12 heteroatoms. The summed E-state index contributed by atoms with van der Waals surface area (Å²) in [6, 6.07) is 10.1. The fourth-order valence-electron chi connectivity index (χ4n) is 5.70. The van der Waals surface area contributed by atoms with Crippen molar-refractivity contribution in [3.8, 4) is 0 Å². The molecule has 222 valence electrons. The molecule has 3 aliphatic rings. The molecule has 2 aromatic carbocycles. The molecule has 42 heavy (non-hydrogen) atoms. The zero-order chi connectivity index (χ0) is 30.0. The van der Waals surface area contributed by atoms with Crippen LogP contribution in [-0.4, -0.2) is 71.6 Å². The van der Waals surface area contributed by atoms with Crippen molar-refractivity contribution >= 4 is 46.9 Å². The standard InChI is InChI=1S/C30H33ClN4O7/c1-16(32-27(38)20-9-10-23(22(31)14-20)33-17(2)36)29(40)35-11-5-8-25(35)28(39)34-24-15-26(37)42-30(24)41-21-12-18-6-3-4-7-19(18)13-21/h3-4,6-7,9-10,14,16,21,24-25,30H,5,8,11-13,15H2,1-2H3,(H,32,38)(H,33,36)(H,34,39)/t16-,24-,25-,30?/m0/s1. The molecule has 5 rings (SSSR count). The lowest BCUT2D eigenvalue weighted by Crippen LogP contribution is -2.54. The van der Waals surface area contributed by atoms with Gasteiger partial charge in [0.05, 0.1) is 23.2 Å². The van der Waals surface area contributed by atoms with Gasteiger partial charge >= 0.3 is 5.97 Å². The number of esters is 1. The number of nitrogens with one attached hydrogen (secondary N) is 3. The van der Waals surface area contributed by atoms with Crippen LogP contribution in [0, 0.1) is 0 Å². The molecule has 2 heterocycles. The van der Waals surface area contributed by atoms with Crippen molar-refractivity contribution in [2.75, 3.05) is 11.9 Å². The zero-order valence-electron chi connectivity index (χ0n) is 23.4. The van der Waals surface area contributed by atoms with Gasteiger partial charge in [0.25, 0.3) is 5.91 Å². The Morgan fingerprint density at radius 3 is 2.45 bits per heavy atom. The molecule has 2 saturated heterocycles. The summed E-state index contributed by atoms with van der Waals surface area (Å²) >= 11 is 6.18. The molecular weight excluding hydrogens is 564 g/mol. The van der Waals surface area contributed by atoms with E-state index in [9.17, 15) is 24.0 Å². The number of benzene rings is 2. The van der Waals surface area contributed by atoms with Crippen LogP contribution in [0.2, 0.25) is 5.02 Å². The average Bonchev–Trinajstić information content (AvgIpc) is 3.67. The minimum Gasteiger partial charge on any atom is -0.433 e. The summed E-state index contributed by atoms with van der Waals surface area (Å²) in [4.78, 5) is 64.4. The molecule has 0 saturated carbocycles. The molecule has 2 aromatic rings. The molecule has 0 radical (unpaired) electrons. The first-order valence-corrected chi connectivity index (χ1v) is 14.4. The normalized spacial score (nSPS) is 22.3. The highest BCUT2D eigenvalue weighted by atomic mass is 35.5. The summed E-state index contributed by atoms with van der Waals surface area (Å²) in [6.45, 7) is 3.25. The second-order valence-corrected chi connectivity index (χ2v) is 11.3. The third-order valence-electron chi connectivity index (χ3n) is 7.73. The Labute approximate surface area is 248 Å². The van der Waals surface area contributed by atoms with E-state index in [1.165, 1.54) is 41.1 Å². The fraction of sp³-hybridized carbons (Fsp3) is 0.433. The van der Waals surface area contributed by atoms with Crippen LogP contribution in [0.5, 0.6) is 0 Å². The van der Waals surface area contributed by atoms with Crippen LogP contribution in [0.3, 0.4) is 0 Å². The van der Waals surface area contributed by atoms with Crippen molar-refractivity contribution in [1.82, 2.24) is 15.5 Å². The summed E-state index contributed by atoms with van der Waals surface area (Å²) in [7, 11) is 0. The van der Waals surface area contributed by atoms with E-state index in [4.69, 9.17) is 21.1 Å². The number of amides is 4. The van der Waals surface area contributed by atoms with E-state index in [1.54, 1.807) is 6.92 Å². The second-order valence-electron chi connectivity index (χ2n) is 10.9. The largest absolute Gasteiger partial charge is 0.433 e. The Kier molecular flexibility index (Phi) is 8.79. The van der Waals surface area contributed by atoms with Crippen LogP contribution in [0.4, 0.5) is 5.69 Å². The lowest BCUT2D eigenvalue weighted by Gasteiger charge is -2.29. The zero-order valence-corrected chi connectivity index (χ0v) is 24.1. The molecule has 2 aliphatic heterocycles. The first kappa shape index (κ1) is 29.5. The van der Waals surface area contributed by atoms with Crippen LogP contribution in [0.25, 0.3) is 0 Å². The quantitative estimate of drug-likeness (QED) is 0.397. The van der Waals surface area contributed by atoms with E-state index in [0.29, 0.717) is 37.9 Å². The summed E-state index contributed by atoms with van der Waals surface area (Å²) in [5.41, 5.74) is 2.97. The van der Waals surface area contributed by atoms with E-state index in [-0.39, 0.29) is 29.0 Å². The van der Waals surface area contributed by atoms with Crippen LogP contribution in [0.1, 0.15) is 54.6 Å². The predicted molar refractivity (Wildman–Crippen MR) is 153 cm³/mol. The molecule has 2 fully saturated rings. The maximum Gasteiger partial charge on any atom is 0.310 e. The van der Waals surface area contributed by atoms with Gasteiger partial charge in [-0.2, -0.15) is 0 Å². The van der Waals surface area contributed by atoms with Gasteiger partial charge in [-0.15, -0.1) is 0 Å². The number of carbonyl (C=O) groups is 5. The second kappa shape index (κ2) is 12.5. The van der Waals surface area contributed by atoms with Gasteiger partial charge in [0, 0.05) is 19.0 Å². The SMILES string of the molecule is CC(=O)Nc1ccc(C(=O)N[C@@H](C)C(=O)N2CCC[C@H]2C(=O)N[C@H]2CC(=O)OC2OC2Cc3ccccc3C2)cc1Cl. The monoisotopic (exact) mass is 596 g/mol. The van der Waals surface area contributed by atoms with Crippen molar-refractivity contribution in [3.05, 3.63) is 64.2 Å². The first-order chi connectivity index (χ1) is 20.1. The highest BCUT2D eigenvalue weighted by Crippen LogP contribution is 2.28. The molecule has 0 aromatic heterocycles. The Morgan fingerprint density at radius 1 is 1.07 bits per heavy atom. The lowest BCUT2D eigenvalue weighted by molar-refractivity contribution is -0.175. The number of carbonyl (C=O) groups excluding carboxylic acids is 5. The van der Waals surface area contributed by atoms with Crippen molar-refractivity contribution < 1.29 is 33.4 Å². The highest BCUT2D eigenvalue weighted by molar-refractivity contribution is 6.34. The molecule has 0 bridgehead atoms. The van der Waals surface area contributed by atoms with Gasteiger partial charge in [-0.3, -0.25) is 24.0 Å². The van der Waals surface area contributed by atoms with Crippen LogP contribution in [0.15, 0.2) is 42.5 Å². The number of fused-ring (bicyclic) bond motifs is 1. The number of likely N-dealkylation sites (tertiary alicyclic amines) is 1. The number of ether oxygens (including phenoxy) is 2. The number of rotatable bonds is 8. The molecule has 0 spiro atoms. The molecular formula is C30H33ClN4O7. The van der Waals surface area contributed by atoms with E-state index >= 15 is 0 Å². The summed E-state index contributed by atoms with van der Waals surface area (Å²) in [5, 5.41) is 8.29. The maximum absolute atomic E-state index is 13.3. The van der Waals surface area contributed by atoms with Gasteiger partial charge in [0.15, 0.2) is 0 Å². The van der Waals surface area contributed by atoms with Crippen LogP contribution >= 0.6 is 11.6 Å². The van der Waals surface area contributed by atoms with Crippen LogP contribution in [-0.2, 0) is 41.5 Å². The summed E-state index contributed by atoms with van der Waals surface area (Å²) in [6.07, 6.45) is 1.37. The molecule has 4 amide bonds. The molecule has 4 atom stereocenters. The van der Waals surface area contributed by atoms with E-state index in [0.717, 1.165) is 0 Å². The number of anilines is 1. The van der Waals surface area contributed by atoms with Crippen molar-refractivity contribution in [3.63, 3.8) is 0 Å². The molecule has 1 unspecified atom stereocenters. The van der Waals surface area contributed by atoms with Gasteiger partial charge in [-0.1, -0.05) is 35.9 Å². The van der Waals surface area contributed by atoms with Crippen LogP contribution < -0.4 is 16.0 Å². The summed E-state index contributed by atoms with van der Waals surface area (Å²) < 4.78 is 11.5. The fourth-order valence-corrected chi connectivity index (χ4v) is 5.93. The smallest absolute Gasteiger partial charge is 0.310 e. The van der Waals surface area contributed by atoms with E-state index in [2.05, 4.69) is 16.0 Å². The third-order valence-corrected chi connectivity index (χ3v) is 8.04. The van der Waals surface area contributed by atoms with Crippen molar-refractivity contribution in [2.45, 2.75) is 76.5 Å². The lowest BCUT2D eigenvalue weighted by atomic mass is 10.1. The van der Waals surface area contributed by atoms with Gasteiger partial charge in [-0.25, -0.2) is 0 Å². The molecule has 1 aliphatic carbocycles. The average molecular weight is 597 g/mol. The Hall–Kier alpha value is -3.96. The number of halogens is 1. The topological polar surface area (TPSA) is 143 Å². The van der Waals surface area contributed by atoms with Gasteiger partial charge in [0.1, 0.15) is 18.1 Å². The summed E-state index contributed by atoms with van der Waals surface area (Å²) in [5.74, 6) is -2.08. The van der Waals surface area contributed by atoms with E-state index < -0.39 is 48.1 Å².